The van der Waals surface area contributed by atoms with Crippen molar-refractivity contribution in [2.75, 3.05) is 20.3 Å². The minimum absolute atomic E-state index is 0.105. The Kier molecular flexibility index (Phi) is 8.87. The lowest BCUT2D eigenvalue weighted by molar-refractivity contribution is 0.0513. The number of halogens is 2. The van der Waals surface area contributed by atoms with E-state index in [1.165, 1.54) is 19.2 Å². The molecule has 0 bridgehead atoms. The summed E-state index contributed by atoms with van der Waals surface area (Å²) in [5, 5.41) is 2.25. The first-order chi connectivity index (χ1) is 14.8. The molecule has 0 fully saturated rings. The largest absolute Gasteiger partial charge is 0.495 e. The van der Waals surface area contributed by atoms with Gasteiger partial charge in [0.15, 0.2) is 17.3 Å². The molecule has 2 N–H and O–H groups in total. The van der Waals surface area contributed by atoms with Crippen LogP contribution in [-0.2, 0) is 11.3 Å². The van der Waals surface area contributed by atoms with Crippen LogP contribution in [0.2, 0.25) is 5.02 Å². The predicted molar refractivity (Wildman–Crippen MR) is 113 cm³/mol. The molecule has 0 saturated carbocycles. The van der Waals surface area contributed by atoms with E-state index in [0.717, 1.165) is 12.6 Å². The number of esters is 1. The minimum atomic E-state index is -0.775. The molecule has 0 unspecified atom stereocenters. The Hall–Kier alpha value is -3.07. The van der Waals surface area contributed by atoms with Crippen molar-refractivity contribution in [1.82, 2.24) is 10.3 Å². The summed E-state index contributed by atoms with van der Waals surface area (Å²) in [7, 11) is 1.36. The molecule has 31 heavy (non-hydrogen) atoms. The quantitative estimate of drug-likeness (QED) is 0.420. The molecule has 1 aromatic carbocycles. The van der Waals surface area contributed by atoms with E-state index in [0.29, 0.717) is 6.42 Å². The number of ether oxygens (including phenoxy) is 3. The van der Waals surface area contributed by atoms with Crippen LogP contribution in [0.5, 0.6) is 11.5 Å². The van der Waals surface area contributed by atoms with Crippen molar-refractivity contribution in [2.45, 2.75) is 33.2 Å². The number of hydrogen-bond donors (Lipinski definition) is 2. The van der Waals surface area contributed by atoms with Gasteiger partial charge < -0.3 is 24.5 Å². The average molecular weight is 455 g/mol. The zero-order valence-corrected chi connectivity index (χ0v) is 18.2. The molecule has 0 atom stereocenters. The second-order valence-corrected chi connectivity index (χ2v) is 6.77. The lowest BCUT2D eigenvalue weighted by Crippen LogP contribution is -2.30. The van der Waals surface area contributed by atoms with Gasteiger partial charge in [-0.2, -0.15) is 0 Å². The Labute approximate surface area is 183 Å². The van der Waals surface area contributed by atoms with Gasteiger partial charge in [-0.25, -0.2) is 9.18 Å². The van der Waals surface area contributed by atoms with E-state index in [4.69, 9.17) is 25.8 Å². The van der Waals surface area contributed by atoms with Crippen LogP contribution in [-0.4, -0.2) is 37.2 Å². The molecule has 0 radical (unpaired) electrons. The summed E-state index contributed by atoms with van der Waals surface area (Å²) in [4.78, 5) is 40.1. The van der Waals surface area contributed by atoms with Crippen LogP contribution in [0.1, 0.15) is 53.1 Å². The SMILES string of the molecule is CCCCOc1c(C(=O)OCC)[nH]cc(C(=O)NCc2ccc(OC)c(Cl)c2F)c1=O. The van der Waals surface area contributed by atoms with Crippen molar-refractivity contribution in [1.29, 1.82) is 0 Å². The van der Waals surface area contributed by atoms with E-state index in [-0.39, 0.29) is 53.1 Å². The molecule has 0 saturated heterocycles. The second kappa shape index (κ2) is 11.4. The number of hydrogen-bond acceptors (Lipinski definition) is 6. The Balaban J connectivity index is 2.28. The minimum Gasteiger partial charge on any atom is -0.495 e. The zero-order valence-electron chi connectivity index (χ0n) is 17.5. The molecule has 0 aliphatic carbocycles. The van der Waals surface area contributed by atoms with E-state index in [2.05, 4.69) is 10.3 Å². The van der Waals surface area contributed by atoms with Gasteiger partial charge in [-0.3, -0.25) is 9.59 Å². The predicted octanol–water partition coefficient (Wildman–Crippen LogP) is 3.46. The van der Waals surface area contributed by atoms with Crippen LogP contribution in [0.4, 0.5) is 4.39 Å². The van der Waals surface area contributed by atoms with Crippen LogP contribution in [0.3, 0.4) is 0 Å². The second-order valence-electron chi connectivity index (χ2n) is 6.40. The first kappa shape index (κ1) is 24.2. The zero-order chi connectivity index (χ0) is 23.0. The lowest BCUT2D eigenvalue weighted by atomic mass is 10.1. The molecule has 2 rings (SSSR count). The van der Waals surface area contributed by atoms with Gasteiger partial charge in [-0.05, 0) is 19.4 Å². The third-order valence-corrected chi connectivity index (χ3v) is 4.65. The fourth-order valence-electron chi connectivity index (χ4n) is 2.63. The van der Waals surface area contributed by atoms with Crippen LogP contribution in [0.25, 0.3) is 0 Å². The summed E-state index contributed by atoms with van der Waals surface area (Å²) >= 11 is 5.88. The maximum Gasteiger partial charge on any atom is 0.358 e. The molecule has 2 aromatic rings. The number of methoxy groups -OCH3 is 1. The highest BCUT2D eigenvalue weighted by Gasteiger charge is 2.23. The molecule has 1 amide bonds. The number of benzene rings is 1. The Morgan fingerprint density at radius 3 is 2.65 bits per heavy atom. The maximum absolute atomic E-state index is 14.3. The topological polar surface area (TPSA) is 107 Å². The van der Waals surface area contributed by atoms with E-state index in [9.17, 15) is 18.8 Å². The maximum atomic E-state index is 14.3. The van der Waals surface area contributed by atoms with Crippen molar-refractivity contribution in [3.63, 3.8) is 0 Å². The number of pyridine rings is 1. The first-order valence-corrected chi connectivity index (χ1v) is 10.1. The van der Waals surface area contributed by atoms with Crippen molar-refractivity contribution < 1.29 is 28.2 Å². The Morgan fingerprint density at radius 2 is 2.00 bits per heavy atom. The average Bonchev–Trinajstić information content (AvgIpc) is 2.75. The number of H-pyrrole nitrogens is 1. The van der Waals surface area contributed by atoms with E-state index in [1.807, 2.05) is 6.92 Å². The summed E-state index contributed by atoms with van der Waals surface area (Å²) in [6, 6.07) is 2.88. The molecule has 0 aliphatic heterocycles. The summed E-state index contributed by atoms with van der Waals surface area (Å²) in [6.45, 7) is 3.63. The first-order valence-electron chi connectivity index (χ1n) is 9.70. The van der Waals surface area contributed by atoms with Gasteiger partial charge in [0, 0.05) is 18.3 Å². The molecule has 10 heteroatoms. The summed E-state index contributed by atoms with van der Waals surface area (Å²) < 4.78 is 29.7. The number of unbranched alkanes of at least 4 members (excludes halogenated alkanes) is 1. The molecular formula is C21H24ClFN2O6. The van der Waals surface area contributed by atoms with E-state index < -0.39 is 23.1 Å². The molecule has 8 nitrogen and oxygen atoms in total. The highest BCUT2D eigenvalue weighted by molar-refractivity contribution is 6.32. The highest BCUT2D eigenvalue weighted by Crippen LogP contribution is 2.29. The fraction of sp³-hybridized carbons (Fsp3) is 0.381. The van der Waals surface area contributed by atoms with Gasteiger partial charge in [-0.15, -0.1) is 0 Å². The van der Waals surface area contributed by atoms with Gasteiger partial charge in [0.25, 0.3) is 5.91 Å². The van der Waals surface area contributed by atoms with Crippen molar-refractivity contribution in [3.05, 3.63) is 56.2 Å². The van der Waals surface area contributed by atoms with Crippen LogP contribution < -0.4 is 20.2 Å². The fourth-order valence-corrected chi connectivity index (χ4v) is 2.89. The molecule has 0 aliphatic rings. The monoisotopic (exact) mass is 454 g/mol. The smallest absolute Gasteiger partial charge is 0.358 e. The number of aromatic nitrogens is 1. The van der Waals surface area contributed by atoms with Crippen LogP contribution >= 0.6 is 11.6 Å². The lowest BCUT2D eigenvalue weighted by Gasteiger charge is -2.12. The van der Waals surface area contributed by atoms with Crippen LogP contribution in [0, 0.1) is 5.82 Å². The van der Waals surface area contributed by atoms with Gasteiger partial charge >= 0.3 is 5.97 Å². The van der Waals surface area contributed by atoms with E-state index in [1.54, 1.807) is 6.92 Å². The van der Waals surface area contributed by atoms with Gasteiger partial charge in [0.05, 0.1) is 20.3 Å². The molecule has 168 valence electrons. The number of rotatable bonds is 10. The van der Waals surface area contributed by atoms with Gasteiger partial charge in [-0.1, -0.05) is 31.0 Å². The highest BCUT2D eigenvalue weighted by atomic mass is 35.5. The molecule has 1 aromatic heterocycles. The van der Waals surface area contributed by atoms with Gasteiger partial charge in [0.1, 0.15) is 16.3 Å². The van der Waals surface area contributed by atoms with E-state index >= 15 is 0 Å². The molecular weight excluding hydrogens is 431 g/mol. The van der Waals surface area contributed by atoms with Crippen molar-refractivity contribution >= 4 is 23.5 Å². The number of carbonyl (C=O) groups excluding carboxylic acids is 2. The van der Waals surface area contributed by atoms with Crippen molar-refractivity contribution in [2.24, 2.45) is 0 Å². The standard InChI is InChI=1S/C21H24ClFN2O6/c1-4-6-9-31-19-17(21(28)30-5-2)24-11-13(18(19)26)20(27)25-10-12-7-8-14(29-3)15(22)16(12)23/h7-8,11H,4-6,9-10H2,1-3H3,(H,24,26)(H,25,27). The Bertz CT molecular complexity index is 1010. The molecule has 1 heterocycles. The summed E-state index contributed by atoms with van der Waals surface area (Å²) in [5.74, 6) is -2.42. The number of nitrogens with one attached hydrogen (secondary N) is 2. The third kappa shape index (κ3) is 5.75. The summed E-state index contributed by atoms with van der Waals surface area (Å²) in [5.41, 5.74) is -1.13. The summed E-state index contributed by atoms with van der Waals surface area (Å²) in [6.07, 6.45) is 2.55. The normalized spacial score (nSPS) is 10.5. The number of amides is 1. The number of carbonyl (C=O) groups is 2. The number of aromatic amines is 1. The third-order valence-electron chi connectivity index (χ3n) is 4.29. The van der Waals surface area contributed by atoms with Crippen molar-refractivity contribution in [3.8, 4) is 11.5 Å². The van der Waals surface area contributed by atoms with Crippen LogP contribution in [0.15, 0.2) is 23.1 Å². The molecule has 0 spiro atoms. The van der Waals surface area contributed by atoms with Gasteiger partial charge in [0.2, 0.25) is 5.43 Å². The Morgan fingerprint density at radius 1 is 1.26 bits per heavy atom.